The highest BCUT2D eigenvalue weighted by Gasteiger charge is 2.40. The molecule has 2 amide bonds. The molecule has 1 aromatic rings. The summed E-state index contributed by atoms with van der Waals surface area (Å²) in [6.07, 6.45) is 15.2. The minimum atomic E-state index is -0.571. The van der Waals surface area contributed by atoms with Gasteiger partial charge in [0.1, 0.15) is 10.9 Å². The maximum absolute atomic E-state index is 13.1. The first-order valence-corrected chi connectivity index (χ1v) is 17.0. The van der Waals surface area contributed by atoms with E-state index in [2.05, 4.69) is 28.2 Å². The number of carbonyl (C=O) groups is 3. The molecule has 9 heteroatoms. The van der Waals surface area contributed by atoms with Crippen LogP contribution in [0.15, 0.2) is 29.3 Å². The molecule has 2 rings (SSSR count). The Balaban J connectivity index is 1.92. The van der Waals surface area contributed by atoms with Crippen LogP contribution in [0.3, 0.4) is 0 Å². The largest absolute Gasteiger partial charge is 0.460 e. The molecule has 1 aromatic carbocycles. The number of rotatable bonds is 18. The van der Waals surface area contributed by atoms with Crippen molar-refractivity contribution in [1.82, 2.24) is 10.2 Å². The molecule has 43 heavy (non-hydrogen) atoms. The van der Waals surface area contributed by atoms with Crippen molar-refractivity contribution in [2.24, 2.45) is 4.99 Å². The first-order valence-electron chi connectivity index (χ1n) is 16.1. The van der Waals surface area contributed by atoms with Crippen LogP contribution in [0.2, 0.25) is 0 Å². The molecular weight excluding hydrogens is 560 g/mol. The molecule has 0 aliphatic carbocycles. The summed E-state index contributed by atoms with van der Waals surface area (Å²) < 4.78 is 5.33. The molecule has 1 N–H and O–H groups in total. The van der Waals surface area contributed by atoms with Gasteiger partial charge < -0.3 is 15.0 Å². The average Bonchev–Trinajstić information content (AvgIpc) is 3.27. The first-order chi connectivity index (χ1) is 20.6. The molecule has 2 unspecified atom stereocenters. The molecule has 1 fully saturated rings. The van der Waals surface area contributed by atoms with Gasteiger partial charge in [-0.05, 0) is 58.4 Å². The Kier molecular flexibility index (Phi) is 16.4. The van der Waals surface area contributed by atoms with Gasteiger partial charge in [-0.25, -0.2) is 0 Å². The molecule has 1 saturated heterocycles. The molecular formula is C34H52N4O4S. The number of aliphatic imine (C=N–C) groups is 1. The van der Waals surface area contributed by atoms with Crippen LogP contribution < -0.4 is 5.32 Å². The average molecular weight is 613 g/mol. The Bertz CT molecular complexity index is 1090. The number of esters is 1. The third-order valence-electron chi connectivity index (χ3n) is 7.43. The van der Waals surface area contributed by atoms with Gasteiger partial charge in [-0.15, -0.1) is 0 Å². The summed E-state index contributed by atoms with van der Waals surface area (Å²) in [5.74, 6) is -0.939. The fourth-order valence-corrected chi connectivity index (χ4v) is 6.31. The molecule has 238 valence electrons. The van der Waals surface area contributed by atoms with Crippen molar-refractivity contribution in [1.29, 1.82) is 5.26 Å². The third kappa shape index (κ3) is 14.0. The van der Waals surface area contributed by atoms with Crippen LogP contribution >= 0.6 is 11.8 Å². The molecule has 0 bridgehead atoms. The SMILES string of the molecule is CCCCCCCCCCCCCCN1C(=NC(=O)c2ccc(C#N)cc2)SC(C(=O)NCCC(=O)OC(C)(C)C)C1C. The van der Waals surface area contributed by atoms with Gasteiger partial charge in [0.05, 0.1) is 18.1 Å². The maximum Gasteiger partial charge on any atom is 0.308 e. The number of nitrogens with one attached hydrogen (secondary N) is 1. The van der Waals surface area contributed by atoms with Gasteiger partial charge in [-0.2, -0.15) is 10.3 Å². The van der Waals surface area contributed by atoms with E-state index >= 15 is 0 Å². The van der Waals surface area contributed by atoms with Crippen molar-refractivity contribution >= 4 is 34.7 Å². The van der Waals surface area contributed by atoms with E-state index in [1.54, 1.807) is 24.3 Å². The zero-order valence-electron chi connectivity index (χ0n) is 27.0. The summed E-state index contributed by atoms with van der Waals surface area (Å²) in [6.45, 7) is 10.6. The number of nitrogens with zero attached hydrogens (tertiary/aromatic N) is 3. The standard InChI is InChI=1S/C34H52N4O4S/c1-6-7-8-9-10-11-12-13-14-15-16-17-24-38-26(2)30(32(41)36-23-22-29(39)42-34(3,4)5)43-33(38)37-31(40)28-20-18-27(25-35)19-21-28/h18-21,26,30H,6-17,22-24H2,1-5H3,(H,36,41). The van der Waals surface area contributed by atoms with Gasteiger partial charge in [0, 0.05) is 24.7 Å². The summed E-state index contributed by atoms with van der Waals surface area (Å²) in [7, 11) is 0. The van der Waals surface area contributed by atoms with E-state index in [-0.39, 0.29) is 30.9 Å². The number of thioether (sulfide) groups is 1. The van der Waals surface area contributed by atoms with Gasteiger partial charge in [-0.3, -0.25) is 14.4 Å². The highest BCUT2D eigenvalue weighted by molar-refractivity contribution is 8.15. The van der Waals surface area contributed by atoms with Crippen LogP contribution in [0, 0.1) is 11.3 Å². The van der Waals surface area contributed by atoms with Crippen molar-refractivity contribution in [3.63, 3.8) is 0 Å². The minimum absolute atomic E-state index is 0.0927. The van der Waals surface area contributed by atoms with Crippen LogP contribution in [0.1, 0.15) is 134 Å². The van der Waals surface area contributed by atoms with Gasteiger partial charge in [0.2, 0.25) is 5.91 Å². The van der Waals surface area contributed by atoms with E-state index < -0.39 is 16.8 Å². The molecule has 0 spiro atoms. The number of carbonyl (C=O) groups excluding carboxylic acids is 3. The molecule has 0 aromatic heterocycles. The second-order valence-corrected chi connectivity index (χ2v) is 13.5. The number of ether oxygens (including phenoxy) is 1. The summed E-state index contributed by atoms with van der Waals surface area (Å²) in [6, 6.07) is 8.30. The van der Waals surface area contributed by atoms with Crippen molar-refractivity contribution in [2.45, 2.75) is 135 Å². The molecule has 8 nitrogen and oxygen atoms in total. The smallest absolute Gasteiger partial charge is 0.308 e. The van der Waals surface area contributed by atoms with E-state index in [1.807, 2.05) is 27.7 Å². The second-order valence-electron chi connectivity index (χ2n) is 12.4. The third-order valence-corrected chi connectivity index (χ3v) is 8.82. The van der Waals surface area contributed by atoms with Gasteiger partial charge >= 0.3 is 5.97 Å². The summed E-state index contributed by atoms with van der Waals surface area (Å²) in [5.41, 5.74) is 0.304. The zero-order chi connectivity index (χ0) is 31.7. The number of hydrogen-bond acceptors (Lipinski definition) is 6. The number of benzene rings is 1. The highest BCUT2D eigenvalue weighted by atomic mass is 32.2. The Morgan fingerprint density at radius 3 is 2.05 bits per heavy atom. The predicted molar refractivity (Wildman–Crippen MR) is 175 cm³/mol. The Labute approximate surface area is 263 Å². The molecule has 1 aliphatic rings. The van der Waals surface area contributed by atoms with Gasteiger partial charge in [-0.1, -0.05) is 89.3 Å². The van der Waals surface area contributed by atoms with Crippen molar-refractivity contribution < 1.29 is 19.1 Å². The Morgan fingerprint density at radius 1 is 0.953 bits per heavy atom. The Morgan fingerprint density at radius 2 is 1.51 bits per heavy atom. The van der Waals surface area contributed by atoms with Crippen LogP contribution in [-0.2, 0) is 14.3 Å². The number of amidine groups is 1. The van der Waals surface area contributed by atoms with Crippen molar-refractivity contribution in [3.8, 4) is 6.07 Å². The van der Waals surface area contributed by atoms with Gasteiger partial charge in [0.25, 0.3) is 5.91 Å². The molecule has 0 radical (unpaired) electrons. The lowest BCUT2D eigenvalue weighted by atomic mass is 10.1. The lowest BCUT2D eigenvalue weighted by Crippen LogP contribution is -2.43. The van der Waals surface area contributed by atoms with Crippen LogP contribution in [0.4, 0.5) is 0 Å². The summed E-state index contributed by atoms with van der Waals surface area (Å²) in [5, 5.41) is 12.0. The molecule has 0 saturated carbocycles. The Hall–Kier alpha value is -2.86. The molecule has 1 heterocycles. The lowest BCUT2D eigenvalue weighted by Gasteiger charge is -2.25. The molecule has 2 atom stereocenters. The maximum atomic E-state index is 13.1. The topological polar surface area (TPSA) is 112 Å². The highest BCUT2D eigenvalue weighted by Crippen LogP contribution is 2.33. The van der Waals surface area contributed by atoms with Crippen LogP contribution in [0.5, 0.6) is 0 Å². The quantitative estimate of drug-likeness (QED) is 0.136. The van der Waals surface area contributed by atoms with E-state index in [4.69, 9.17) is 10.00 Å². The summed E-state index contributed by atoms with van der Waals surface area (Å²) in [4.78, 5) is 44.7. The monoisotopic (exact) mass is 612 g/mol. The number of amides is 2. The van der Waals surface area contributed by atoms with Crippen molar-refractivity contribution in [2.75, 3.05) is 13.1 Å². The number of hydrogen-bond donors (Lipinski definition) is 1. The van der Waals surface area contributed by atoms with E-state index in [1.165, 1.54) is 76.0 Å². The second kappa shape index (κ2) is 19.4. The zero-order valence-corrected chi connectivity index (χ0v) is 27.8. The van der Waals surface area contributed by atoms with Crippen LogP contribution in [0.25, 0.3) is 0 Å². The summed E-state index contributed by atoms with van der Waals surface area (Å²) >= 11 is 1.29. The van der Waals surface area contributed by atoms with Crippen molar-refractivity contribution in [3.05, 3.63) is 35.4 Å². The predicted octanol–water partition coefficient (Wildman–Crippen LogP) is 7.41. The fourth-order valence-electron chi connectivity index (χ4n) is 5.02. The van der Waals surface area contributed by atoms with E-state index in [0.29, 0.717) is 22.8 Å². The van der Waals surface area contributed by atoms with E-state index in [0.717, 1.165) is 12.8 Å². The minimum Gasteiger partial charge on any atom is -0.460 e. The van der Waals surface area contributed by atoms with Gasteiger partial charge in [0.15, 0.2) is 5.17 Å². The van der Waals surface area contributed by atoms with E-state index in [9.17, 15) is 14.4 Å². The fraction of sp³-hybridized carbons (Fsp3) is 0.676. The van der Waals surface area contributed by atoms with Crippen LogP contribution in [-0.4, -0.2) is 57.8 Å². The lowest BCUT2D eigenvalue weighted by molar-refractivity contribution is -0.154. The number of unbranched alkanes of at least 4 members (excludes halogenated alkanes) is 11. The number of nitriles is 1. The normalized spacial score (nSPS) is 17.6. The first kappa shape index (κ1) is 36.3. The molecule has 1 aliphatic heterocycles.